The molecule has 6 heteroatoms. The van der Waals surface area contributed by atoms with Gasteiger partial charge in [-0.05, 0) is 61.6 Å². The summed E-state index contributed by atoms with van der Waals surface area (Å²) in [7, 11) is 3.98. The molecule has 0 radical (unpaired) electrons. The molecule has 2 aromatic rings. The zero-order valence-corrected chi connectivity index (χ0v) is 17.6. The fraction of sp³-hybridized carbons (Fsp3) is 0.391. The predicted molar refractivity (Wildman–Crippen MR) is 116 cm³/mol. The van der Waals surface area contributed by atoms with Gasteiger partial charge in [0, 0.05) is 44.0 Å². The van der Waals surface area contributed by atoms with Crippen molar-refractivity contribution in [3.63, 3.8) is 0 Å². The van der Waals surface area contributed by atoms with E-state index in [0.29, 0.717) is 28.9 Å². The maximum Gasteiger partial charge on any atom is 0.257 e. The van der Waals surface area contributed by atoms with Crippen molar-refractivity contribution < 1.29 is 9.59 Å². The van der Waals surface area contributed by atoms with Gasteiger partial charge in [0.25, 0.3) is 5.91 Å². The molecule has 0 bridgehead atoms. The Hall–Kier alpha value is -2.53. The first-order chi connectivity index (χ1) is 13.9. The largest absolute Gasteiger partial charge is 0.377 e. The Kier molecular flexibility index (Phi) is 5.50. The third-order valence-corrected chi connectivity index (χ3v) is 5.81. The zero-order valence-electron chi connectivity index (χ0n) is 16.8. The summed E-state index contributed by atoms with van der Waals surface area (Å²) in [5, 5.41) is 3.36. The van der Waals surface area contributed by atoms with Crippen LogP contribution in [-0.2, 0) is 11.3 Å². The highest BCUT2D eigenvalue weighted by molar-refractivity contribution is 6.34. The molecule has 0 aromatic heterocycles. The number of hydrogen-bond acceptors (Lipinski definition) is 3. The molecule has 2 fully saturated rings. The lowest BCUT2D eigenvalue weighted by molar-refractivity contribution is -0.133. The number of carbonyl (C=O) groups excluding carboxylic acids is 2. The summed E-state index contributed by atoms with van der Waals surface area (Å²) < 4.78 is 0. The second-order valence-electron chi connectivity index (χ2n) is 8.14. The molecule has 0 spiro atoms. The third kappa shape index (κ3) is 4.56. The molecule has 2 aromatic carbocycles. The van der Waals surface area contributed by atoms with Gasteiger partial charge < -0.3 is 15.1 Å². The van der Waals surface area contributed by atoms with E-state index in [9.17, 15) is 9.59 Å². The molecular weight excluding hydrogens is 386 g/mol. The standard InChI is InChI=1S/C23H26ClN3O2/c1-26(2)21-12-9-17(25-22(28)19-5-3-4-6-20(19)24)13-16(21)14-27(18-10-11-18)23(29)15-7-8-15/h3-6,9,12-13,15,18H,7-8,10-11,14H2,1-2H3,(H,25,28). The normalized spacial score (nSPS) is 15.7. The Morgan fingerprint density at radius 2 is 1.79 bits per heavy atom. The third-order valence-electron chi connectivity index (χ3n) is 5.48. The summed E-state index contributed by atoms with van der Waals surface area (Å²) in [5.41, 5.74) is 3.23. The molecule has 2 aliphatic rings. The number of nitrogens with zero attached hydrogens (tertiary/aromatic N) is 2. The summed E-state index contributed by atoms with van der Waals surface area (Å²) in [5.74, 6) is 0.247. The molecule has 1 N–H and O–H groups in total. The van der Waals surface area contributed by atoms with E-state index in [1.165, 1.54) is 0 Å². The molecule has 2 saturated carbocycles. The average Bonchev–Trinajstić information content (AvgIpc) is 3.58. The number of benzene rings is 2. The summed E-state index contributed by atoms with van der Waals surface area (Å²) >= 11 is 6.15. The van der Waals surface area contributed by atoms with E-state index in [1.54, 1.807) is 24.3 Å². The van der Waals surface area contributed by atoms with E-state index < -0.39 is 0 Å². The van der Waals surface area contributed by atoms with Crippen LogP contribution in [0, 0.1) is 5.92 Å². The van der Waals surface area contributed by atoms with Gasteiger partial charge in [-0.2, -0.15) is 0 Å². The number of rotatable bonds is 7. The van der Waals surface area contributed by atoms with Crippen LogP contribution in [0.15, 0.2) is 42.5 Å². The van der Waals surface area contributed by atoms with E-state index in [1.807, 2.05) is 42.1 Å². The van der Waals surface area contributed by atoms with E-state index in [2.05, 4.69) is 5.32 Å². The first kappa shape index (κ1) is 19.8. The Morgan fingerprint density at radius 3 is 2.41 bits per heavy atom. The quantitative estimate of drug-likeness (QED) is 0.726. The van der Waals surface area contributed by atoms with Crippen molar-refractivity contribution in [3.8, 4) is 0 Å². The monoisotopic (exact) mass is 411 g/mol. The van der Waals surface area contributed by atoms with Gasteiger partial charge in [0.2, 0.25) is 5.91 Å². The fourth-order valence-electron chi connectivity index (χ4n) is 3.59. The van der Waals surface area contributed by atoms with Crippen molar-refractivity contribution in [3.05, 3.63) is 58.6 Å². The second kappa shape index (κ2) is 8.07. The molecule has 5 nitrogen and oxygen atoms in total. The number of nitrogens with one attached hydrogen (secondary N) is 1. The van der Waals surface area contributed by atoms with Crippen LogP contribution < -0.4 is 10.2 Å². The van der Waals surface area contributed by atoms with Crippen molar-refractivity contribution in [2.24, 2.45) is 5.92 Å². The van der Waals surface area contributed by atoms with Crippen molar-refractivity contribution >= 4 is 34.8 Å². The number of anilines is 2. The van der Waals surface area contributed by atoms with Gasteiger partial charge in [-0.3, -0.25) is 9.59 Å². The highest BCUT2D eigenvalue weighted by Gasteiger charge is 2.40. The highest BCUT2D eigenvalue weighted by Crippen LogP contribution is 2.38. The van der Waals surface area contributed by atoms with Gasteiger partial charge in [-0.1, -0.05) is 23.7 Å². The lowest BCUT2D eigenvalue weighted by Gasteiger charge is -2.26. The van der Waals surface area contributed by atoms with Gasteiger partial charge in [-0.15, -0.1) is 0 Å². The van der Waals surface area contributed by atoms with Gasteiger partial charge >= 0.3 is 0 Å². The molecule has 0 unspecified atom stereocenters. The Balaban J connectivity index is 1.58. The molecule has 2 aliphatic carbocycles. The molecule has 0 saturated heterocycles. The molecule has 2 amide bonds. The molecule has 0 heterocycles. The second-order valence-corrected chi connectivity index (χ2v) is 8.55. The average molecular weight is 412 g/mol. The topological polar surface area (TPSA) is 52.7 Å². The summed E-state index contributed by atoms with van der Waals surface area (Å²) in [4.78, 5) is 29.5. The molecule has 4 rings (SSSR count). The van der Waals surface area contributed by atoms with Crippen LogP contribution in [0.25, 0.3) is 0 Å². The van der Waals surface area contributed by atoms with Gasteiger partial charge in [-0.25, -0.2) is 0 Å². The first-order valence-corrected chi connectivity index (χ1v) is 10.5. The molecule has 152 valence electrons. The van der Waals surface area contributed by atoms with Gasteiger partial charge in [0.15, 0.2) is 0 Å². The van der Waals surface area contributed by atoms with E-state index in [-0.39, 0.29) is 17.7 Å². The van der Waals surface area contributed by atoms with Crippen LogP contribution in [0.1, 0.15) is 41.6 Å². The van der Waals surface area contributed by atoms with Crippen LogP contribution in [-0.4, -0.2) is 36.9 Å². The Morgan fingerprint density at radius 1 is 1.07 bits per heavy atom. The Bertz CT molecular complexity index is 935. The number of carbonyl (C=O) groups is 2. The summed E-state index contributed by atoms with van der Waals surface area (Å²) in [6.45, 7) is 0.573. The van der Waals surface area contributed by atoms with Gasteiger partial charge in [0.1, 0.15) is 0 Å². The van der Waals surface area contributed by atoms with Crippen molar-refractivity contribution in [1.82, 2.24) is 4.90 Å². The minimum atomic E-state index is -0.243. The predicted octanol–water partition coefficient (Wildman–Crippen LogP) is 4.56. The van der Waals surface area contributed by atoms with Crippen molar-refractivity contribution in [1.29, 1.82) is 0 Å². The van der Waals surface area contributed by atoms with Crippen LogP contribution in [0.4, 0.5) is 11.4 Å². The Labute approximate surface area is 176 Å². The molecule has 0 atom stereocenters. The maximum absolute atomic E-state index is 12.8. The zero-order chi connectivity index (χ0) is 20.5. The molecular formula is C23H26ClN3O2. The highest BCUT2D eigenvalue weighted by atomic mass is 35.5. The van der Waals surface area contributed by atoms with Crippen molar-refractivity contribution in [2.45, 2.75) is 38.3 Å². The number of amides is 2. The summed E-state index contributed by atoms with van der Waals surface area (Å²) in [6, 6.07) is 13.2. The van der Waals surface area contributed by atoms with Crippen LogP contribution >= 0.6 is 11.6 Å². The lowest BCUT2D eigenvalue weighted by atomic mass is 10.1. The van der Waals surface area contributed by atoms with E-state index in [0.717, 1.165) is 36.9 Å². The van der Waals surface area contributed by atoms with Crippen molar-refractivity contribution in [2.75, 3.05) is 24.3 Å². The lowest BCUT2D eigenvalue weighted by Crippen LogP contribution is -2.34. The SMILES string of the molecule is CN(C)c1ccc(NC(=O)c2ccccc2Cl)cc1CN(C(=O)C1CC1)C1CC1. The maximum atomic E-state index is 12.8. The smallest absolute Gasteiger partial charge is 0.257 e. The van der Waals surface area contributed by atoms with E-state index in [4.69, 9.17) is 11.6 Å². The van der Waals surface area contributed by atoms with Gasteiger partial charge in [0.05, 0.1) is 10.6 Å². The number of hydrogen-bond donors (Lipinski definition) is 1. The minimum absolute atomic E-state index is 0.210. The fourth-order valence-corrected chi connectivity index (χ4v) is 3.81. The van der Waals surface area contributed by atoms with Crippen LogP contribution in [0.3, 0.4) is 0 Å². The summed E-state index contributed by atoms with van der Waals surface area (Å²) in [6.07, 6.45) is 4.18. The molecule has 0 aliphatic heterocycles. The number of halogens is 1. The van der Waals surface area contributed by atoms with Crippen LogP contribution in [0.2, 0.25) is 5.02 Å². The van der Waals surface area contributed by atoms with E-state index >= 15 is 0 Å². The minimum Gasteiger partial charge on any atom is -0.377 e. The van der Waals surface area contributed by atoms with Crippen LogP contribution in [0.5, 0.6) is 0 Å². The first-order valence-electron chi connectivity index (χ1n) is 10.1. The molecule has 29 heavy (non-hydrogen) atoms.